The first kappa shape index (κ1) is 9.74. The maximum Gasteiger partial charge on any atom is 0.110 e. The molecule has 14 heavy (non-hydrogen) atoms. The van der Waals surface area contributed by atoms with E-state index in [1.54, 1.807) is 0 Å². The number of aliphatic hydroxyl groups is 1. The van der Waals surface area contributed by atoms with E-state index in [1.165, 1.54) is 0 Å². The fraction of sp³-hybridized carbons (Fsp3) is 0.636. The van der Waals surface area contributed by atoms with E-state index in [2.05, 4.69) is 0 Å². The van der Waals surface area contributed by atoms with Crippen LogP contribution in [-0.4, -0.2) is 11.7 Å². The Hall–Kier alpha value is -0.800. The summed E-state index contributed by atoms with van der Waals surface area (Å²) in [5, 5.41) is 10.4. The summed E-state index contributed by atoms with van der Waals surface area (Å²) in [5.41, 5.74) is 5.75. The summed E-state index contributed by atoms with van der Waals surface area (Å²) in [6.45, 7) is 2.43. The van der Waals surface area contributed by atoms with Crippen molar-refractivity contribution in [1.29, 1.82) is 0 Å². The number of nitrogens with two attached hydrogens (primary N) is 1. The van der Waals surface area contributed by atoms with Crippen LogP contribution in [0.1, 0.15) is 36.3 Å². The number of rotatable bonds is 2. The van der Waals surface area contributed by atoms with E-state index < -0.39 is 5.60 Å². The van der Waals surface area contributed by atoms with E-state index in [0.717, 1.165) is 36.3 Å². The van der Waals surface area contributed by atoms with E-state index in [9.17, 15) is 5.11 Å². The first-order valence-corrected chi connectivity index (χ1v) is 5.18. The number of hydrogen-bond acceptors (Lipinski definition) is 3. The average molecular weight is 195 g/mol. The van der Waals surface area contributed by atoms with Crippen molar-refractivity contribution in [3.63, 3.8) is 0 Å². The molecule has 1 unspecified atom stereocenters. The molecule has 1 aliphatic carbocycles. The quantitative estimate of drug-likeness (QED) is 0.751. The number of furan rings is 1. The van der Waals surface area contributed by atoms with E-state index in [4.69, 9.17) is 10.2 Å². The monoisotopic (exact) mass is 195 g/mol. The SMILES string of the molecule is Cc1cc2c(o1)CCCC2(O)CCN. The van der Waals surface area contributed by atoms with Gasteiger partial charge in [0.25, 0.3) is 0 Å². The molecular formula is C11H17NO2. The van der Waals surface area contributed by atoms with Gasteiger partial charge in [-0.25, -0.2) is 0 Å². The highest BCUT2D eigenvalue weighted by atomic mass is 16.3. The normalized spacial score (nSPS) is 26.2. The zero-order valence-electron chi connectivity index (χ0n) is 8.55. The van der Waals surface area contributed by atoms with Gasteiger partial charge in [-0.2, -0.15) is 0 Å². The molecule has 3 N–H and O–H groups in total. The summed E-state index contributed by atoms with van der Waals surface area (Å²) >= 11 is 0. The van der Waals surface area contributed by atoms with Gasteiger partial charge >= 0.3 is 0 Å². The summed E-state index contributed by atoms with van der Waals surface area (Å²) in [6.07, 6.45) is 3.35. The summed E-state index contributed by atoms with van der Waals surface area (Å²) in [5.74, 6) is 1.83. The third-order valence-electron chi connectivity index (χ3n) is 2.99. The second-order valence-electron chi connectivity index (χ2n) is 4.12. The molecule has 0 saturated heterocycles. The molecule has 2 rings (SSSR count). The maximum absolute atomic E-state index is 10.4. The van der Waals surface area contributed by atoms with Crippen molar-refractivity contribution < 1.29 is 9.52 Å². The van der Waals surface area contributed by atoms with Gasteiger partial charge in [-0.05, 0) is 38.8 Å². The molecule has 3 heteroatoms. The van der Waals surface area contributed by atoms with E-state index in [0.29, 0.717) is 13.0 Å². The fourth-order valence-electron chi connectivity index (χ4n) is 2.32. The van der Waals surface area contributed by atoms with Gasteiger partial charge in [0.05, 0.1) is 5.60 Å². The van der Waals surface area contributed by atoms with Crippen LogP contribution in [0.3, 0.4) is 0 Å². The predicted molar refractivity (Wildman–Crippen MR) is 54.0 cm³/mol. The highest BCUT2D eigenvalue weighted by Gasteiger charge is 2.35. The standard InChI is InChI=1S/C11H17NO2/c1-8-7-9-10(14-8)3-2-4-11(9,13)5-6-12/h7,13H,2-6,12H2,1H3. The minimum atomic E-state index is -0.736. The Morgan fingerprint density at radius 1 is 1.64 bits per heavy atom. The Balaban J connectivity index is 2.38. The molecule has 1 aliphatic rings. The lowest BCUT2D eigenvalue weighted by Gasteiger charge is -2.31. The summed E-state index contributed by atoms with van der Waals surface area (Å²) in [6, 6.07) is 1.95. The molecule has 1 heterocycles. The first-order valence-electron chi connectivity index (χ1n) is 5.18. The molecule has 0 aliphatic heterocycles. The molecule has 3 nitrogen and oxygen atoms in total. The van der Waals surface area contributed by atoms with Crippen molar-refractivity contribution in [2.75, 3.05) is 6.54 Å². The van der Waals surface area contributed by atoms with Crippen LogP contribution >= 0.6 is 0 Å². The lowest BCUT2D eigenvalue weighted by Crippen LogP contribution is -2.32. The van der Waals surface area contributed by atoms with Crippen molar-refractivity contribution in [2.24, 2.45) is 5.73 Å². The molecule has 1 atom stereocenters. The van der Waals surface area contributed by atoms with Gasteiger partial charge in [-0.3, -0.25) is 0 Å². The largest absolute Gasteiger partial charge is 0.466 e. The van der Waals surface area contributed by atoms with Crippen LogP contribution in [0.5, 0.6) is 0 Å². The molecule has 0 amide bonds. The summed E-state index contributed by atoms with van der Waals surface area (Å²) in [4.78, 5) is 0. The van der Waals surface area contributed by atoms with E-state index in [1.807, 2.05) is 13.0 Å². The Bertz CT molecular complexity index is 332. The third-order valence-corrected chi connectivity index (χ3v) is 2.99. The van der Waals surface area contributed by atoms with Crippen LogP contribution in [0.4, 0.5) is 0 Å². The van der Waals surface area contributed by atoms with Crippen molar-refractivity contribution in [3.05, 3.63) is 23.2 Å². The molecule has 1 aromatic heterocycles. The van der Waals surface area contributed by atoms with Crippen molar-refractivity contribution in [1.82, 2.24) is 0 Å². The van der Waals surface area contributed by atoms with Gasteiger partial charge in [0, 0.05) is 12.0 Å². The van der Waals surface area contributed by atoms with Gasteiger partial charge in [-0.1, -0.05) is 0 Å². The topological polar surface area (TPSA) is 59.4 Å². The third kappa shape index (κ3) is 1.47. The van der Waals surface area contributed by atoms with E-state index in [-0.39, 0.29) is 0 Å². The fourth-order valence-corrected chi connectivity index (χ4v) is 2.32. The lowest BCUT2D eigenvalue weighted by atomic mass is 9.80. The minimum Gasteiger partial charge on any atom is -0.466 e. The van der Waals surface area contributed by atoms with E-state index >= 15 is 0 Å². The van der Waals surface area contributed by atoms with Gasteiger partial charge in [0.15, 0.2) is 0 Å². The second kappa shape index (κ2) is 3.41. The molecule has 0 saturated carbocycles. The van der Waals surface area contributed by atoms with Crippen LogP contribution in [0.15, 0.2) is 10.5 Å². The van der Waals surface area contributed by atoms with Gasteiger partial charge in [0.2, 0.25) is 0 Å². The Morgan fingerprint density at radius 2 is 2.43 bits per heavy atom. The first-order chi connectivity index (χ1) is 6.65. The Morgan fingerprint density at radius 3 is 3.14 bits per heavy atom. The van der Waals surface area contributed by atoms with Crippen LogP contribution in [0.2, 0.25) is 0 Å². The zero-order valence-corrected chi connectivity index (χ0v) is 8.55. The lowest BCUT2D eigenvalue weighted by molar-refractivity contribution is 0.0104. The van der Waals surface area contributed by atoms with Gasteiger partial charge in [0.1, 0.15) is 11.5 Å². The number of hydrogen-bond donors (Lipinski definition) is 2. The predicted octanol–water partition coefficient (Wildman–Crippen LogP) is 1.46. The molecule has 1 aromatic rings. The summed E-state index contributed by atoms with van der Waals surface area (Å²) in [7, 11) is 0. The molecule has 0 aromatic carbocycles. The molecular weight excluding hydrogens is 178 g/mol. The van der Waals surface area contributed by atoms with Gasteiger partial charge < -0.3 is 15.3 Å². The Labute approximate surface area is 83.9 Å². The van der Waals surface area contributed by atoms with Gasteiger partial charge in [-0.15, -0.1) is 0 Å². The van der Waals surface area contributed by atoms with Crippen molar-refractivity contribution >= 4 is 0 Å². The minimum absolute atomic E-state index is 0.514. The summed E-state index contributed by atoms with van der Waals surface area (Å²) < 4.78 is 5.55. The highest BCUT2D eigenvalue weighted by Crippen LogP contribution is 2.39. The number of fused-ring (bicyclic) bond motifs is 1. The van der Waals surface area contributed by atoms with Crippen LogP contribution < -0.4 is 5.73 Å². The molecule has 78 valence electrons. The average Bonchev–Trinajstić information content (AvgIpc) is 2.48. The zero-order chi connectivity index (χ0) is 10.2. The molecule has 0 bridgehead atoms. The molecule has 0 spiro atoms. The second-order valence-corrected chi connectivity index (χ2v) is 4.12. The molecule has 0 radical (unpaired) electrons. The number of aryl methyl sites for hydroxylation is 2. The van der Waals surface area contributed by atoms with Crippen LogP contribution in [-0.2, 0) is 12.0 Å². The van der Waals surface area contributed by atoms with Crippen molar-refractivity contribution in [3.8, 4) is 0 Å². The van der Waals surface area contributed by atoms with Crippen LogP contribution in [0.25, 0.3) is 0 Å². The van der Waals surface area contributed by atoms with Crippen molar-refractivity contribution in [2.45, 2.75) is 38.2 Å². The molecule has 0 fully saturated rings. The maximum atomic E-state index is 10.4. The smallest absolute Gasteiger partial charge is 0.110 e. The Kier molecular flexibility index (Phi) is 2.37. The van der Waals surface area contributed by atoms with Crippen LogP contribution in [0, 0.1) is 6.92 Å². The highest BCUT2D eigenvalue weighted by molar-refractivity contribution is 5.30.